The van der Waals surface area contributed by atoms with Crippen molar-refractivity contribution in [2.45, 2.75) is 57.3 Å². The molecule has 1 aromatic heterocycles. The molecule has 0 bridgehead atoms. The van der Waals surface area contributed by atoms with Crippen molar-refractivity contribution in [1.82, 2.24) is 5.32 Å². The predicted molar refractivity (Wildman–Crippen MR) is 113 cm³/mol. The Kier molecular flexibility index (Phi) is 7.59. The minimum absolute atomic E-state index is 0.0250. The van der Waals surface area contributed by atoms with Crippen LogP contribution in [0.25, 0.3) is 0 Å². The van der Waals surface area contributed by atoms with E-state index in [1.165, 1.54) is 24.3 Å². The van der Waals surface area contributed by atoms with E-state index in [9.17, 15) is 22.8 Å². The first-order valence-electron chi connectivity index (χ1n) is 10.3. The summed E-state index contributed by atoms with van der Waals surface area (Å²) in [6.07, 6.45) is -0.597. The SMILES string of the molecule is CCOc1ccc(N(C(=O)C(F)(F)F)C(C(=O)NC2CCCCC2)c2cccs2)cc1. The number of anilines is 1. The van der Waals surface area contributed by atoms with Crippen molar-refractivity contribution in [3.8, 4) is 5.75 Å². The molecule has 1 aliphatic carbocycles. The molecule has 1 fully saturated rings. The van der Waals surface area contributed by atoms with Gasteiger partial charge in [0.15, 0.2) is 6.04 Å². The number of hydrogen-bond donors (Lipinski definition) is 1. The maximum atomic E-state index is 13.6. The Morgan fingerprint density at radius 3 is 2.39 bits per heavy atom. The van der Waals surface area contributed by atoms with E-state index < -0.39 is 24.0 Å². The third-order valence-electron chi connectivity index (χ3n) is 5.16. The van der Waals surface area contributed by atoms with Crippen molar-refractivity contribution in [3.05, 3.63) is 46.7 Å². The van der Waals surface area contributed by atoms with E-state index in [0.29, 0.717) is 22.1 Å². The number of amides is 2. The second-order valence-corrected chi connectivity index (χ2v) is 8.34. The van der Waals surface area contributed by atoms with Gasteiger partial charge in [-0.2, -0.15) is 13.2 Å². The molecule has 5 nitrogen and oxygen atoms in total. The number of ether oxygens (including phenoxy) is 1. The second-order valence-electron chi connectivity index (χ2n) is 7.36. The zero-order valence-electron chi connectivity index (χ0n) is 17.2. The van der Waals surface area contributed by atoms with Crippen LogP contribution in [0, 0.1) is 0 Å². The molecule has 3 rings (SSSR count). The van der Waals surface area contributed by atoms with Gasteiger partial charge in [-0.15, -0.1) is 11.3 Å². The van der Waals surface area contributed by atoms with E-state index in [2.05, 4.69) is 5.32 Å². The summed E-state index contributed by atoms with van der Waals surface area (Å²) in [5.74, 6) is -2.24. The van der Waals surface area contributed by atoms with Crippen LogP contribution >= 0.6 is 11.3 Å². The highest BCUT2D eigenvalue weighted by Crippen LogP contribution is 2.35. The van der Waals surface area contributed by atoms with Crippen LogP contribution in [0.2, 0.25) is 0 Å². The van der Waals surface area contributed by atoms with Gasteiger partial charge in [0.25, 0.3) is 0 Å². The lowest BCUT2D eigenvalue weighted by atomic mass is 9.95. The van der Waals surface area contributed by atoms with Crippen LogP contribution in [0.15, 0.2) is 41.8 Å². The quantitative estimate of drug-likeness (QED) is 0.623. The summed E-state index contributed by atoms with van der Waals surface area (Å²) >= 11 is 1.14. The molecule has 0 radical (unpaired) electrons. The molecule has 2 amide bonds. The van der Waals surface area contributed by atoms with Gasteiger partial charge < -0.3 is 10.1 Å². The second kappa shape index (κ2) is 10.2. The number of hydrogen-bond acceptors (Lipinski definition) is 4. The van der Waals surface area contributed by atoms with E-state index in [4.69, 9.17) is 4.74 Å². The van der Waals surface area contributed by atoms with Gasteiger partial charge in [0.05, 0.1) is 6.61 Å². The molecule has 1 unspecified atom stereocenters. The minimum Gasteiger partial charge on any atom is -0.494 e. The largest absolute Gasteiger partial charge is 0.494 e. The van der Waals surface area contributed by atoms with Crippen LogP contribution in [-0.2, 0) is 9.59 Å². The summed E-state index contributed by atoms with van der Waals surface area (Å²) in [5, 5.41) is 4.55. The first-order valence-corrected chi connectivity index (χ1v) is 11.2. The number of halogens is 3. The Hall–Kier alpha value is -2.55. The summed E-state index contributed by atoms with van der Waals surface area (Å²) in [6, 6.07) is 7.39. The molecule has 1 aromatic carbocycles. The van der Waals surface area contributed by atoms with Gasteiger partial charge in [-0.1, -0.05) is 25.3 Å². The highest BCUT2D eigenvalue weighted by molar-refractivity contribution is 7.10. The average Bonchev–Trinajstić information content (AvgIpc) is 3.26. The Morgan fingerprint density at radius 2 is 1.84 bits per heavy atom. The zero-order valence-corrected chi connectivity index (χ0v) is 18.0. The summed E-state index contributed by atoms with van der Waals surface area (Å²) in [7, 11) is 0. The van der Waals surface area contributed by atoms with Gasteiger partial charge in [-0.25, -0.2) is 0 Å². The molecule has 2 aromatic rings. The maximum Gasteiger partial charge on any atom is 0.471 e. The molecule has 1 heterocycles. The Morgan fingerprint density at radius 1 is 1.16 bits per heavy atom. The monoisotopic (exact) mass is 454 g/mol. The number of carbonyl (C=O) groups excluding carboxylic acids is 2. The molecule has 168 valence electrons. The number of carbonyl (C=O) groups is 2. The number of alkyl halides is 3. The van der Waals surface area contributed by atoms with Crippen LogP contribution in [0.1, 0.15) is 49.9 Å². The van der Waals surface area contributed by atoms with Crippen molar-refractivity contribution in [1.29, 1.82) is 0 Å². The number of nitrogens with zero attached hydrogens (tertiary/aromatic N) is 1. The fourth-order valence-corrected chi connectivity index (χ4v) is 4.55. The van der Waals surface area contributed by atoms with Gasteiger partial charge in [-0.05, 0) is 55.5 Å². The van der Waals surface area contributed by atoms with Crippen LogP contribution < -0.4 is 15.0 Å². The van der Waals surface area contributed by atoms with Crippen LogP contribution in [-0.4, -0.2) is 30.6 Å². The van der Waals surface area contributed by atoms with Gasteiger partial charge in [-0.3, -0.25) is 14.5 Å². The standard InChI is InChI=1S/C22H25F3N2O3S/c1-2-30-17-12-10-16(11-13-17)27(21(29)22(23,24)25)19(18-9-6-14-31-18)20(28)26-15-7-4-3-5-8-15/h6,9-15,19H,2-5,7-8H2,1H3,(H,26,28). The fraction of sp³-hybridized carbons (Fsp3) is 0.455. The molecule has 1 aliphatic rings. The first kappa shape index (κ1) is 23.1. The fourth-order valence-electron chi connectivity index (χ4n) is 3.74. The lowest BCUT2D eigenvalue weighted by Gasteiger charge is -2.33. The van der Waals surface area contributed by atoms with Crippen LogP contribution in [0.4, 0.5) is 18.9 Å². The molecule has 9 heteroatoms. The van der Waals surface area contributed by atoms with Crippen molar-refractivity contribution in [2.24, 2.45) is 0 Å². The van der Waals surface area contributed by atoms with E-state index in [1.54, 1.807) is 24.4 Å². The summed E-state index contributed by atoms with van der Waals surface area (Å²) in [6.45, 7) is 2.18. The Balaban J connectivity index is 2.00. The normalized spacial score (nSPS) is 15.9. The van der Waals surface area contributed by atoms with Crippen molar-refractivity contribution in [3.63, 3.8) is 0 Å². The van der Waals surface area contributed by atoms with Crippen LogP contribution in [0.3, 0.4) is 0 Å². The Labute approximate surface area is 183 Å². The minimum atomic E-state index is -5.14. The van der Waals surface area contributed by atoms with E-state index in [1.807, 2.05) is 0 Å². The summed E-state index contributed by atoms with van der Waals surface area (Å²) < 4.78 is 46.0. The third-order valence-corrected chi connectivity index (χ3v) is 6.08. The lowest BCUT2D eigenvalue weighted by molar-refractivity contribution is -0.171. The average molecular weight is 455 g/mol. The van der Waals surface area contributed by atoms with Gasteiger partial charge >= 0.3 is 12.1 Å². The van der Waals surface area contributed by atoms with E-state index in [0.717, 1.165) is 43.4 Å². The van der Waals surface area contributed by atoms with Crippen LogP contribution in [0.5, 0.6) is 5.75 Å². The molecule has 31 heavy (non-hydrogen) atoms. The maximum absolute atomic E-state index is 13.6. The lowest BCUT2D eigenvalue weighted by Crippen LogP contribution is -2.50. The first-order chi connectivity index (χ1) is 14.8. The predicted octanol–water partition coefficient (Wildman–Crippen LogP) is 5.23. The number of rotatable bonds is 7. The number of thiophene rings is 1. The summed E-state index contributed by atoms with van der Waals surface area (Å²) in [4.78, 5) is 26.6. The molecule has 1 saturated carbocycles. The number of benzene rings is 1. The van der Waals surface area contributed by atoms with Gasteiger partial charge in [0.1, 0.15) is 5.75 Å². The van der Waals surface area contributed by atoms with Crippen molar-refractivity contribution >= 4 is 28.8 Å². The smallest absolute Gasteiger partial charge is 0.471 e. The van der Waals surface area contributed by atoms with E-state index >= 15 is 0 Å². The Bertz CT molecular complexity index is 863. The topological polar surface area (TPSA) is 58.6 Å². The van der Waals surface area contributed by atoms with Crippen molar-refractivity contribution in [2.75, 3.05) is 11.5 Å². The molecule has 0 aliphatic heterocycles. The highest BCUT2D eigenvalue weighted by Gasteiger charge is 2.47. The van der Waals surface area contributed by atoms with Crippen molar-refractivity contribution < 1.29 is 27.5 Å². The molecule has 1 atom stereocenters. The summed E-state index contributed by atoms with van der Waals surface area (Å²) in [5.41, 5.74) is -0.0250. The van der Waals surface area contributed by atoms with E-state index in [-0.39, 0.29) is 11.7 Å². The number of nitrogens with one attached hydrogen (secondary N) is 1. The molecule has 1 N–H and O–H groups in total. The highest BCUT2D eigenvalue weighted by atomic mass is 32.1. The van der Waals surface area contributed by atoms with Gasteiger partial charge in [0.2, 0.25) is 5.91 Å². The third kappa shape index (κ3) is 5.78. The molecular weight excluding hydrogens is 429 g/mol. The van der Waals surface area contributed by atoms with Gasteiger partial charge in [0, 0.05) is 16.6 Å². The zero-order chi connectivity index (χ0) is 22.4. The molecule has 0 spiro atoms. The molecular formula is C22H25F3N2O3S. The molecule has 0 saturated heterocycles.